The van der Waals surface area contributed by atoms with E-state index in [4.69, 9.17) is 14.5 Å². The van der Waals surface area contributed by atoms with Gasteiger partial charge in [-0.25, -0.2) is 0 Å². The van der Waals surface area contributed by atoms with Crippen LogP contribution in [0.1, 0.15) is 47.8 Å². The maximum Gasteiger partial charge on any atom is 0.178 e. The van der Waals surface area contributed by atoms with Gasteiger partial charge in [0.25, 0.3) is 0 Å². The minimum atomic E-state index is -0.299. The first-order valence-electron chi connectivity index (χ1n) is 18.1. The number of nitrogens with one attached hydrogen (secondary N) is 1. The molecule has 0 radical (unpaired) electrons. The van der Waals surface area contributed by atoms with Crippen LogP contribution in [0.4, 0.5) is 0 Å². The van der Waals surface area contributed by atoms with Crippen molar-refractivity contribution in [1.82, 2.24) is 5.32 Å². The van der Waals surface area contributed by atoms with Gasteiger partial charge in [0.2, 0.25) is 0 Å². The third-order valence-corrected chi connectivity index (χ3v) is 10.8. The number of hydrogen-bond donors (Lipinski definition) is 1. The van der Waals surface area contributed by atoms with E-state index < -0.39 is 0 Å². The summed E-state index contributed by atoms with van der Waals surface area (Å²) < 4.78 is 13.3. The summed E-state index contributed by atoms with van der Waals surface area (Å²) in [6.45, 7) is 4.55. The van der Waals surface area contributed by atoms with E-state index in [1.54, 1.807) is 0 Å². The van der Waals surface area contributed by atoms with Gasteiger partial charge in [0.15, 0.2) is 23.0 Å². The highest BCUT2D eigenvalue weighted by Crippen LogP contribution is 2.58. The van der Waals surface area contributed by atoms with Gasteiger partial charge in [-0.2, -0.15) is 0 Å². The molecule has 0 spiro atoms. The smallest absolute Gasteiger partial charge is 0.178 e. The lowest BCUT2D eigenvalue weighted by Crippen LogP contribution is -2.25. The Bertz CT molecular complexity index is 2620. The van der Waals surface area contributed by atoms with E-state index in [1.807, 2.05) is 12.1 Å². The monoisotopic (exact) mass is 684 g/mol. The number of ether oxygens (including phenoxy) is 2. The average Bonchev–Trinajstić information content (AvgIpc) is 3.46. The van der Waals surface area contributed by atoms with Crippen molar-refractivity contribution >= 4 is 11.4 Å². The molecule has 7 aromatic rings. The summed E-state index contributed by atoms with van der Waals surface area (Å²) in [4.78, 5) is 5.27. The molecule has 3 aliphatic rings. The van der Waals surface area contributed by atoms with Crippen LogP contribution < -0.4 is 14.8 Å². The number of nitrogens with zero attached hydrogens (tertiary/aromatic N) is 1. The summed E-state index contributed by atoms with van der Waals surface area (Å²) >= 11 is 0. The summed E-state index contributed by atoms with van der Waals surface area (Å²) in [6.07, 6.45) is 1.87. The van der Waals surface area contributed by atoms with Crippen molar-refractivity contribution < 1.29 is 9.47 Å². The number of aliphatic imine (C=N–C) groups is 1. The third-order valence-electron chi connectivity index (χ3n) is 10.8. The van der Waals surface area contributed by atoms with E-state index in [1.165, 1.54) is 27.8 Å². The number of allylic oxidation sites excluding steroid dienone is 1. The van der Waals surface area contributed by atoms with Crippen molar-refractivity contribution in [2.45, 2.75) is 25.4 Å². The average molecular weight is 685 g/mol. The Morgan fingerprint density at radius 3 is 1.98 bits per heavy atom. The molecule has 1 atom stereocenters. The predicted molar refractivity (Wildman–Crippen MR) is 215 cm³/mol. The maximum absolute atomic E-state index is 6.67. The van der Waals surface area contributed by atoms with Gasteiger partial charge in [0, 0.05) is 22.2 Å². The molecule has 4 nitrogen and oxygen atoms in total. The van der Waals surface area contributed by atoms with Gasteiger partial charge in [-0.05, 0) is 80.4 Å². The summed E-state index contributed by atoms with van der Waals surface area (Å²) in [7, 11) is 0. The van der Waals surface area contributed by atoms with Crippen molar-refractivity contribution in [3.05, 3.63) is 198 Å². The second-order valence-corrected chi connectivity index (χ2v) is 14.4. The molecule has 1 unspecified atom stereocenters. The van der Waals surface area contributed by atoms with Gasteiger partial charge >= 0.3 is 0 Å². The molecule has 2 aliphatic heterocycles. The molecule has 0 amide bonds. The van der Waals surface area contributed by atoms with Crippen LogP contribution >= 0.6 is 0 Å². The van der Waals surface area contributed by atoms with E-state index in [-0.39, 0.29) is 11.6 Å². The Morgan fingerprint density at radius 1 is 0.509 bits per heavy atom. The first-order chi connectivity index (χ1) is 26.0. The molecule has 10 rings (SSSR count). The van der Waals surface area contributed by atoms with E-state index in [9.17, 15) is 0 Å². The highest BCUT2D eigenvalue weighted by molar-refractivity contribution is 6.13. The van der Waals surface area contributed by atoms with Crippen molar-refractivity contribution in [3.63, 3.8) is 0 Å². The molecule has 7 aromatic carbocycles. The first-order valence-corrected chi connectivity index (χ1v) is 18.1. The summed E-state index contributed by atoms with van der Waals surface area (Å²) in [5.74, 6) is 2.94. The van der Waals surface area contributed by atoms with Gasteiger partial charge in [0.1, 0.15) is 6.17 Å². The van der Waals surface area contributed by atoms with Gasteiger partial charge in [-0.3, -0.25) is 4.99 Å². The van der Waals surface area contributed by atoms with Crippen molar-refractivity contribution in [2.75, 3.05) is 0 Å². The zero-order valence-corrected chi connectivity index (χ0v) is 29.5. The highest BCUT2D eigenvalue weighted by Gasteiger charge is 2.39. The fraction of sp³-hybridized carbons (Fsp3) is 0.0816. The van der Waals surface area contributed by atoms with Gasteiger partial charge in [-0.1, -0.05) is 153 Å². The first kappa shape index (κ1) is 31.1. The number of hydrogen-bond acceptors (Lipinski definition) is 4. The minimum absolute atomic E-state index is 0.111. The second-order valence-electron chi connectivity index (χ2n) is 14.4. The van der Waals surface area contributed by atoms with Crippen LogP contribution in [0, 0.1) is 0 Å². The van der Waals surface area contributed by atoms with Crippen LogP contribution in [-0.4, -0.2) is 5.71 Å². The van der Waals surface area contributed by atoms with Gasteiger partial charge in [-0.15, -0.1) is 0 Å². The molecule has 0 bridgehead atoms. The third kappa shape index (κ3) is 5.25. The largest absolute Gasteiger partial charge is 0.449 e. The molecular weight excluding hydrogens is 649 g/mol. The molecule has 0 saturated heterocycles. The van der Waals surface area contributed by atoms with Crippen LogP contribution in [0.3, 0.4) is 0 Å². The fourth-order valence-corrected chi connectivity index (χ4v) is 8.10. The van der Waals surface area contributed by atoms with Crippen LogP contribution in [0.25, 0.3) is 39.1 Å². The van der Waals surface area contributed by atoms with E-state index in [2.05, 4.69) is 177 Å². The highest BCUT2D eigenvalue weighted by atomic mass is 16.6. The normalized spacial score (nSPS) is 16.0. The fourth-order valence-electron chi connectivity index (χ4n) is 8.10. The SMILES string of the molecule is CC1(C)c2ccccc2-c2c1ccc1c2Oc2ccc(-c3cccc(C4N=C(c5ccccc5)C=C(c5ccccc5-c5ccccc5)N4)c3)cc2O1. The molecule has 4 heteroatoms. The molecule has 0 fully saturated rings. The number of fused-ring (bicyclic) bond motifs is 6. The zero-order chi connectivity index (χ0) is 35.5. The van der Waals surface area contributed by atoms with E-state index in [0.29, 0.717) is 11.5 Å². The Morgan fingerprint density at radius 2 is 1.17 bits per heavy atom. The molecule has 53 heavy (non-hydrogen) atoms. The Balaban J connectivity index is 0.995. The van der Waals surface area contributed by atoms with Gasteiger partial charge < -0.3 is 14.8 Å². The second kappa shape index (κ2) is 12.2. The standard InChI is InChI=1S/C49H36N2O2/c1-49(2)39-23-12-11-22-38(39)46-40(49)25-27-44-47(46)53-43-26-24-34(29-45(43)52-44)33-18-13-19-35(28-33)48-50-41(32-16-7-4-8-17-32)30-42(51-48)37-21-10-9-20-36(37)31-14-5-3-6-15-31/h3-30,48,51H,1-2H3. The molecule has 0 saturated carbocycles. The Kier molecular flexibility index (Phi) is 7.19. The minimum Gasteiger partial charge on any atom is -0.449 e. The van der Waals surface area contributed by atoms with Crippen molar-refractivity contribution in [1.29, 1.82) is 0 Å². The molecule has 2 heterocycles. The molecule has 254 valence electrons. The number of rotatable bonds is 5. The van der Waals surface area contributed by atoms with Crippen LogP contribution in [0.2, 0.25) is 0 Å². The lowest BCUT2D eigenvalue weighted by atomic mass is 9.82. The van der Waals surface area contributed by atoms with Crippen LogP contribution in [-0.2, 0) is 5.41 Å². The quantitative estimate of drug-likeness (QED) is 0.196. The van der Waals surface area contributed by atoms with E-state index in [0.717, 1.165) is 56.3 Å². The Hall–Kier alpha value is -6.65. The lowest BCUT2D eigenvalue weighted by Gasteiger charge is -2.27. The van der Waals surface area contributed by atoms with Crippen molar-refractivity contribution in [3.8, 4) is 56.4 Å². The summed E-state index contributed by atoms with van der Waals surface area (Å²) in [5, 5.41) is 3.80. The van der Waals surface area contributed by atoms with Gasteiger partial charge in [0.05, 0.1) is 5.71 Å². The molecular formula is C49H36N2O2. The predicted octanol–water partition coefficient (Wildman–Crippen LogP) is 12.4. The summed E-state index contributed by atoms with van der Waals surface area (Å²) in [5.41, 5.74) is 14.5. The number of benzene rings is 7. The topological polar surface area (TPSA) is 42.8 Å². The van der Waals surface area contributed by atoms with E-state index >= 15 is 0 Å². The molecule has 1 aliphatic carbocycles. The van der Waals surface area contributed by atoms with Crippen molar-refractivity contribution in [2.24, 2.45) is 4.99 Å². The molecule has 1 N–H and O–H groups in total. The zero-order valence-electron chi connectivity index (χ0n) is 29.5. The lowest BCUT2D eigenvalue weighted by molar-refractivity contribution is 0.360. The molecule has 0 aromatic heterocycles. The summed E-state index contributed by atoms with van der Waals surface area (Å²) in [6, 6.07) is 57.2. The van der Waals surface area contributed by atoms with Crippen LogP contribution in [0.15, 0.2) is 175 Å². The Labute approximate surface area is 309 Å². The maximum atomic E-state index is 6.67. The van der Waals surface area contributed by atoms with Crippen LogP contribution in [0.5, 0.6) is 23.0 Å².